The summed E-state index contributed by atoms with van der Waals surface area (Å²) in [6, 6.07) is 3.79. The highest BCUT2D eigenvalue weighted by Gasteiger charge is 2.46. The Morgan fingerprint density at radius 2 is 1.86 bits per heavy atom. The molecule has 1 atom stereocenters. The van der Waals surface area contributed by atoms with E-state index in [9.17, 15) is 26.4 Å². The SMILES string of the molecule is CC1CNCCN1C(=O)c1ccc(S(=O)(=O)C(F)(F)F)cc1. The molecule has 1 unspecified atom stereocenters. The molecule has 0 aromatic heterocycles. The van der Waals surface area contributed by atoms with Gasteiger partial charge in [0.15, 0.2) is 0 Å². The Kier molecular flexibility index (Phi) is 4.48. The summed E-state index contributed by atoms with van der Waals surface area (Å²) in [7, 11) is -5.39. The smallest absolute Gasteiger partial charge is 0.333 e. The number of benzene rings is 1. The van der Waals surface area contributed by atoms with Crippen molar-refractivity contribution in [1.29, 1.82) is 0 Å². The molecule has 1 aliphatic rings. The normalized spacial score (nSPS) is 20.0. The van der Waals surface area contributed by atoms with Gasteiger partial charge in [-0.25, -0.2) is 8.42 Å². The number of hydrogen-bond donors (Lipinski definition) is 1. The summed E-state index contributed by atoms with van der Waals surface area (Å²) in [5.41, 5.74) is -5.19. The number of nitrogens with zero attached hydrogens (tertiary/aromatic N) is 1. The van der Waals surface area contributed by atoms with Crippen molar-refractivity contribution in [3.8, 4) is 0 Å². The van der Waals surface area contributed by atoms with Crippen LogP contribution in [-0.2, 0) is 9.84 Å². The van der Waals surface area contributed by atoms with Crippen LogP contribution in [0.2, 0.25) is 0 Å². The second-order valence-corrected chi connectivity index (χ2v) is 6.97. The van der Waals surface area contributed by atoms with Crippen molar-refractivity contribution in [3.63, 3.8) is 0 Å². The van der Waals surface area contributed by atoms with E-state index in [0.717, 1.165) is 24.3 Å². The van der Waals surface area contributed by atoms with Crippen LogP contribution in [0.15, 0.2) is 29.2 Å². The average molecular weight is 336 g/mol. The van der Waals surface area contributed by atoms with Crippen LogP contribution in [0.3, 0.4) is 0 Å². The van der Waals surface area contributed by atoms with Crippen LogP contribution in [0.5, 0.6) is 0 Å². The van der Waals surface area contributed by atoms with E-state index >= 15 is 0 Å². The lowest BCUT2D eigenvalue weighted by molar-refractivity contribution is -0.0436. The van der Waals surface area contributed by atoms with E-state index in [1.807, 2.05) is 6.92 Å². The zero-order chi connectivity index (χ0) is 16.5. The number of nitrogens with one attached hydrogen (secondary N) is 1. The minimum Gasteiger partial charge on any atom is -0.333 e. The molecule has 0 spiro atoms. The number of hydrogen-bond acceptors (Lipinski definition) is 4. The fraction of sp³-hybridized carbons (Fsp3) is 0.462. The molecule has 1 saturated heterocycles. The first-order chi connectivity index (χ1) is 10.1. The molecule has 1 aliphatic heterocycles. The summed E-state index contributed by atoms with van der Waals surface area (Å²) in [5.74, 6) is -0.329. The summed E-state index contributed by atoms with van der Waals surface area (Å²) in [5, 5.41) is 3.12. The minimum atomic E-state index is -5.39. The van der Waals surface area contributed by atoms with Crippen molar-refractivity contribution in [2.24, 2.45) is 0 Å². The van der Waals surface area contributed by atoms with Gasteiger partial charge in [0, 0.05) is 31.2 Å². The fourth-order valence-electron chi connectivity index (χ4n) is 2.22. The molecule has 1 N–H and O–H groups in total. The largest absolute Gasteiger partial charge is 0.501 e. The second kappa shape index (κ2) is 5.88. The highest BCUT2D eigenvalue weighted by Crippen LogP contribution is 2.30. The number of amides is 1. The summed E-state index contributed by atoms with van der Waals surface area (Å²) in [6.45, 7) is 3.61. The first-order valence-electron chi connectivity index (χ1n) is 6.57. The molecule has 0 bridgehead atoms. The first kappa shape index (κ1) is 16.8. The number of rotatable bonds is 2. The molecule has 1 aromatic carbocycles. The van der Waals surface area contributed by atoms with E-state index in [1.165, 1.54) is 0 Å². The van der Waals surface area contributed by atoms with Gasteiger partial charge in [0.1, 0.15) is 0 Å². The van der Waals surface area contributed by atoms with Crippen LogP contribution in [0, 0.1) is 0 Å². The van der Waals surface area contributed by atoms with Crippen molar-refractivity contribution in [3.05, 3.63) is 29.8 Å². The molecule has 2 rings (SSSR count). The highest BCUT2D eigenvalue weighted by atomic mass is 32.2. The Bertz CT molecular complexity index is 656. The van der Waals surface area contributed by atoms with Crippen molar-refractivity contribution < 1.29 is 26.4 Å². The van der Waals surface area contributed by atoms with Crippen LogP contribution in [0.4, 0.5) is 13.2 Å². The fourth-order valence-corrected chi connectivity index (χ4v) is 2.98. The van der Waals surface area contributed by atoms with Gasteiger partial charge >= 0.3 is 5.51 Å². The zero-order valence-corrected chi connectivity index (χ0v) is 12.5. The van der Waals surface area contributed by atoms with Gasteiger partial charge in [-0.2, -0.15) is 13.2 Å². The standard InChI is InChI=1S/C13H15F3N2O3S/c1-9-8-17-6-7-18(9)12(19)10-2-4-11(5-3-10)22(20,21)13(14,15)16/h2-5,9,17H,6-8H2,1H3. The molecule has 1 aromatic rings. The molecule has 1 fully saturated rings. The lowest BCUT2D eigenvalue weighted by atomic mass is 10.1. The molecule has 22 heavy (non-hydrogen) atoms. The van der Waals surface area contributed by atoms with Gasteiger partial charge in [0.05, 0.1) is 4.90 Å². The molecule has 1 heterocycles. The van der Waals surface area contributed by atoms with E-state index in [1.54, 1.807) is 4.90 Å². The number of carbonyl (C=O) groups is 1. The van der Waals surface area contributed by atoms with Crippen LogP contribution in [0.1, 0.15) is 17.3 Å². The first-order valence-corrected chi connectivity index (χ1v) is 8.06. The Balaban J connectivity index is 2.24. The molecule has 5 nitrogen and oxygen atoms in total. The molecule has 0 saturated carbocycles. The maximum atomic E-state index is 12.5. The van der Waals surface area contributed by atoms with Crippen LogP contribution < -0.4 is 5.32 Å². The van der Waals surface area contributed by atoms with Crippen molar-refractivity contribution in [2.45, 2.75) is 23.4 Å². The predicted molar refractivity (Wildman–Crippen MR) is 73.1 cm³/mol. The Hall–Kier alpha value is -1.61. The molecular weight excluding hydrogens is 321 g/mol. The topological polar surface area (TPSA) is 66.5 Å². The van der Waals surface area contributed by atoms with E-state index < -0.39 is 20.2 Å². The predicted octanol–water partition coefficient (Wildman–Crippen LogP) is 1.41. The average Bonchev–Trinajstić information content (AvgIpc) is 2.46. The third-order valence-corrected chi connectivity index (χ3v) is 4.98. The number of piperazine rings is 1. The summed E-state index contributed by atoms with van der Waals surface area (Å²) < 4.78 is 59.9. The molecule has 9 heteroatoms. The molecule has 1 amide bonds. The Morgan fingerprint density at radius 3 is 2.36 bits per heavy atom. The third kappa shape index (κ3) is 3.09. The highest BCUT2D eigenvalue weighted by molar-refractivity contribution is 7.92. The number of alkyl halides is 3. The van der Waals surface area contributed by atoms with Gasteiger partial charge in [0.2, 0.25) is 0 Å². The van der Waals surface area contributed by atoms with E-state index in [0.29, 0.717) is 19.6 Å². The van der Waals surface area contributed by atoms with Gasteiger partial charge in [-0.3, -0.25) is 4.79 Å². The lowest BCUT2D eigenvalue weighted by Gasteiger charge is -2.34. The number of carbonyl (C=O) groups excluding carboxylic acids is 1. The van der Waals surface area contributed by atoms with Gasteiger partial charge in [-0.05, 0) is 31.2 Å². The van der Waals surface area contributed by atoms with Gasteiger partial charge in [0.25, 0.3) is 15.7 Å². The molecule has 0 aliphatic carbocycles. The third-order valence-electron chi connectivity index (χ3n) is 3.48. The van der Waals surface area contributed by atoms with Crippen molar-refractivity contribution in [1.82, 2.24) is 10.2 Å². The molecular formula is C13H15F3N2O3S. The zero-order valence-electron chi connectivity index (χ0n) is 11.7. The maximum absolute atomic E-state index is 12.5. The van der Waals surface area contributed by atoms with E-state index in [2.05, 4.69) is 5.32 Å². The Labute approximate surface area is 126 Å². The summed E-state index contributed by atoms with van der Waals surface area (Å²) in [4.78, 5) is 13.0. The van der Waals surface area contributed by atoms with Crippen molar-refractivity contribution in [2.75, 3.05) is 19.6 Å². The summed E-state index contributed by atoms with van der Waals surface area (Å²) >= 11 is 0. The lowest BCUT2D eigenvalue weighted by Crippen LogP contribution is -2.52. The Morgan fingerprint density at radius 1 is 1.27 bits per heavy atom. The molecule has 0 radical (unpaired) electrons. The second-order valence-electron chi connectivity index (χ2n) is 5.03. The van der Waals surface area contributed by atoms with Gasteiger partial charge in [-0.1, -0.05) is 0 Å². The quantitative estimate of drug-likeness (QED) is 0.887. The van der Waals surface area contributed by atoms with Crippen LogP contribution in [0.25, 0.3) is 0 Å². The van der Waals surface area contributed by atoms with Gasteiger partial charge < -0.3 is 10.2 Å². The molecule has 122 valence electrons. The van der Waals surface area contributed by atoms with Crippen molar-refractivity contribution >= 4 is 15.7 Å². The monoisotopic (exact) mass is 336 g/mol. The maximum Gasteiger partial charge on any atom is 0.501 e. The van der Waals surface area contributed by atoms with Crippen LogP contribution >= 0.6 is 0 Å². The number of sulfone groups is 1. The minimum absolute atomic E-state index is 0.0418. The van der Waals surface area contributed by atoms with Crippen LogP contribution in [-0.4, -0.2) is 50.4 Å². The van der Waals surface area contributed by atoms with Gasteiger partial charge in [-0.15, -0.1) is 0 Å². The number of halogens is 3. The van der Waals surface area contributed by atoms with E-state index in [-0.39, 0.29) is 17.5 Å². The summed E-state index contributed by atoms with van der Waals surface area (Å²) in [6.07, 6.45) is 0. The van der Waals surface area contributed by atoms with E-state index in [4.69, 9.17) is 0 Å².